The van der Waals surface area contributed by atoms with Crippen LogP contribution in [-0.4, -0.2) is 37.0 Å². The fraction of sp³-hybridized carbons (Fsp3) is 0.643. The average molecular weight is 264 g/mol. The Bertz CT molecular complexity index is 467. The summed E-state index contributed by atoms with van der Waals surface area (Å²) in [5, 5.41) is 0. The van der Waals surface area contributed by atoms with Crippen molar-refractivity contribution in [2.24, 2.45) is 17.6 Å². The molecule has 1 aliphatic carbocycles. The second-order valence-corrected chi connectivity index (χ2v) is 5.57. The molecule has 2 heterocycles. The van der Waals surface area contributed by atoms with Gasteiger partial charge in [0.2, 0.25) is 0 Å². The van der Waals surface area contributed by atoms with Crippen LogP contribution in [0.5, 0.6) is 0 Å². The summed E-state index contributed by atoms with van der Waals surface area (Å²) in [5.74, 6) is 2.20. The fourth-order valence-corrected chi connectivity index (χ4v) is 2.91. The van der Waals surface area contributed by atoms with E-state index in [9.17, 15) is 4.79 Å². The number of ether oxygens (including phenoxy) is 1. The van der Waals surface area contributed by atoms with Gasteiger partial charge in [0.25, 0.3) is 5.91 Å². The lowest BCUT2D eigenvalue weighted by Gasteiger charge is -2.14. The minimum Gasteiger partial charge on any atom is -0.453 e. The van der Waals surface area contributed by atoms with Gasteiger partial charge >= 0.3 is 0 Å². The van der Waals surface area contributed by atoms with Crippen molar-refractivity contribution in [3.8, 4) is 0 Å². The second kappa shape index (κ2) is 4.98. The molecule has 0 unspecified atom stereocenters. The van der Waals surface area contributed by atoms with E-state index >= 15 is 0 Å². The van der Waals surface area contributed by atoms with Crippen LogP contribution in [0.3, 0.4) is 0 Å². The molecule has 0 radical (unpaired) electrons. The first-order valence-corrected chi connectivity index (χ1v) is 6.81. The zero-order chi connectivity index (χ0) is 13.4. The van der Waals surface area contributed by atoms with Crippen LogP contribution in [0.2, 0.25) is 0 Å². The van der Waals surface area contributed by atoms with E-state index in [2.05, 4.69) is 0 Å². The maximum atomic E-state index is 12.3. The summed E-state index contributed by atoms with van der Waals surface area (Å²) in [6, 6.07) is 3.61. The van der Waals surface area contributed by atoms with Crippen molar-refractivity contribution in [1.82, 2.24) is 4.90 Å². The van der Waals surface area contributed by atoms with Crippen molar-refractivity contribution >= 4 is 5.91 Å². The van der Waals surface area contributed by atoms with Gasteiger partial charge in [-0.3, -0.25) is 4.79 Å². The Morgan fingerprint density at radius 3 is 2.95 bits per heavy atom. The lowest BCUT2D eigenvalue weighted by Crippen LogP contribution is -2.32. The summed E-state index contributed by atoms with van der Waals surface area (Å²) in [6.45, 7) is 1.79. The van der Waals surface area contributed by atoms with Crippen LogP contribution in [-0.2, 0) is 11.3 Å². The first kappa shape index (κ1) is 12.7. The number of furan rings is 1. The van der Waals surface area contributed by atoms with Crippen LogP contribution in [0.1, 0.15) is 29.2 Å². The van der Waals surface area contributed by atoms with E-state index in [1.165, 1.54) is 12.8 Å². The third kappa shape index (κ3) is 2.53. The molecule has 104 valence electrons. The zero-order valence-corrected chi connectivity index (χ0v) is 11.2. The molecule has 1 aromatic rings. The third-order valence-corrected chi connectivity index (χ3v) is 4.09. The monoisotopic (exact) mass is 264 g/mol. The molecule has 1 aliphatic heterocycles. The van der Waals surface area contributed by atoms with Gasteiger partial charge in [0.1, 0.15) is 12.4 Å². The lowest BCUT2D eigenvalue weighted by molar-refractivity contribution is 0.0745. The quantitative estimate of drug-likeness (QED) is 0.888. The molecule has 1 saturated carbocycles. The molecule has 2 atom stereocenters. The van der Waals surface area contributed by atoms with Gasteiger partial charge in [-0.25, -0.2) is 0 Å². The average Bonchev–Trinajstić information content (AvgIpc) is 3.00. The first-order valence-electron chi connectivity index (χ1n) is 6.81. The van der Waals surface area contributed by atoms with Crippen LogP contribution in [0.4, 0.5) is 0 Å². The summed E-state index contributed by atoms with van der Waals surface area (Å²) in [6.07, 6.45) is 2.53. The van der Waals surface area contributed by atoms with E-state index in [-0.39, 0.29) is 11.9 Å². The minimum atomic E-state index is -0.0547. The zero-order valence-electron chi connectivity index (χ0n) is 11.2. The largest absolute Gasteiger partial charge is 0.453 e. The van der Waals surface area contributed by atoms with Crippen LogP contribution < -0.4 is 5.73 Å². The number of amides is 1. The second-order valence-electron chi connectivity index (χ2n) is 5.57. The van der Waals surface area contributed by atoms with Crippen LogP contribution in [0.25, 0.3) is 0 Å². The molecule has 1 amide bonds. The van der Waals surface area contributed by atoms with Crippen molar-refractivity contribution in [3.63, 3.8) is 0 Å². The van der Waals surface area contributed by atoms with E-state index in [4.69, 9.17) is 14.9 Å². The van der Waals surface area contributed by atoms with E-state index in [0.29, 0.717) is 30.6 Å². The number of carbonyl (C=O) groups is 1. The summed E-state index contributed by atoms with van der Waals surface area (Å²) in [7, 11) is 1.60. The highest BCUT2D eigenvalue weighted by atomic mass is 16.5. The van der Waals surface area contributed by atoms with Crippen molar-refractivity contribution in [2.75, 3.05) is 20.2 Å². The molecule has 0 spiro atoms. The van der Waals surface area contributed by atoms with Gasteiger partial charge in [-0.05, 0) is 36.8 Å². The van der Waals surface area contributed by atoms with Gasteiger partial charge in [0.05, 0.1) is 0 Å². The third-order valence-electron chi connectivity index (χ3n) is 4.09. The Balaban J connectivity index is 1.66. The van der Waals surface area contributed by atoms with Crippen LogP contribution in [0.15, 0.2) is 16.5 Å². The highest BCUT2D eigenvalue weighted by Gasteiger charge is 2.42. The summed E-state index contributed by atoms with van der Waals surface area (Å²) >= 11 is 0. The van der Waals surface area contributed by atoms with Gasteiger partial charge < -0.3 is 19.8 Å². The molecule has 0 aromatic carbocycles. The van der Waals surface area contributed by atoms with Gasteiger partial charge in [-0.2, -0.15) is 0 Å². The smallest absolute Gasteiger partial charge is 0.289 e. The Kier molecular flexibility index (Phi) is 3.33. The molecule has 1 aromatic heterocycles. The molecule has 5 heteroatoms. The van der Waals surface area contributed by atoms with Crippen molar-refractivity contribution < 1.29 is 13.9 Å². The van der Waals surface area contributed by atoms with E-state index in [1.807, 2.05) is 4.90 Å². The number of carbonyl (C=O) groups excluding carboxylic acids is 1. The molecular weight excluding hydrogens is 244 g/mol. The molecule has 2 N–H and O–H groups in total. The van der Waals surface area contributed by atoms with E-state index in [1.54, 1.807) is 19.2 Å². The van der Waals surface area contributed by atoms with Gasteiger partial charge in [-0.1, -0.05) is 0 Å². The number of rotatable bonds is 4. The van der Waals surface area contributed by atoms with E-state index < -0.39 is 0 Å². The van der Waals surface area contributed by atoms with E-state index in [0.717, 1.165) is 12.5 Å². The minimum absolute atomic E-state index is 0.0547. The molecule has 3 rings (SSSR count). The predicted octanol–water partition coefficient (Wildman–Crippen LogP) is 1.24. The van der Waals surface area contributed by atoms with Gasteiger partial charge in [0, 0.05) is 26.2 Å². The molecule has 19 heavy (non-hydrogen) atoms. The van der Waals surface area contributed by atoms with Crippen LogP contribution in [0, 0.1) is 11.8 Å². The van der Waals surface area contributed by atoms with Crippen molar-refractivity contribution in [2.45, 2.75) is 25.5 Å². The Hall–Kier alpha value is -1.33. The molecular formula is C14H20N2O3. The molecule has 1 saturated heterocycles. The van der Waals surface area contributed by atoms with Crippen molar-refractivity contribution in [3.05, 3.63) is 23.7 Å². The molecule has 2 fully saturated rings. The first-order chi connectivity index (χ1) is 9.19. The number of hydrogen-bond acceptors (Lipinski definition) is 4. The number of nitrogens with two attached hydrogens (primary N) is 1. The summed E-state index contributed by atoms with van der Waals surface area (Å²) in [5.41, 5.74) is 6.13. The topological polar surface area (TPSA) is 68.7 Å². The highest BCUT2D eigenvalue weighted by Crippen LogP contribution is 2.41. The highest BCUT2D eigenvalue weighted by molar-refractivity contribution is 5.91. The maximum absolute atomic E-state index is 12.3. The maximum Gasteiger partial charge on any atom is 0.289 e. The molecule has 5 nitrogen and oxygen atoms in total. The molecule has 0 bridgehead atoms. The predicted molar refractivity (Wildman–Crippen MR) is 69.5 cm³/mol. The Morgan fingerprint density at radius 1 is 1.47 bits per heavy atom. The SMILES string of the molecule is COCc1ccc(C(=O)N2C[C@H](C3CC3)[C@@H](N)C2)o1. The number of methoxy groups -OCH3 is 1. The summed E-state index contributed by atoms with van der Waals surface area (Å²) in [4.78, 5) is 14.2. The Morgan fingerprint density at radius 2 is 2.26 bits per heavy atom. The van der Waals surface area contributed by atoms with Crippen LogP contribution >= 0.6 is 0 Å². The fourth-order valence-electron chi connectivity index (χ4n) is 2.91. The summed E-state index contributed by atoms with van der Waals surface area (Å²) < 4.78 is 10.5. The van der Waals surface area contributed by atoms with Gasteiger partial charge in [0.15, 0.2) is 5.76 Å². The number of likely N-dealkylation sites (tertiary alicyclic amines) is 1. The van der Waals surface area contributed by atoms with Gasteiger partial charge in [-0.15, -0.1) is 0 Å². The number of hydrogen-bond donors (Lipinski definition) is 1. The number of nitrogens with zero attached hydrogens (tertiary/aromatic N) is 1. The van der Waals surface area contributed by atoms with Crippen molar-refractivity contribution in [1.29, 1.82) is 0 Å². The Labute approximate surface area is 112 Å². The standard InChI is InChI=1S/C14H20N2O3/c1-18-8-10-4-5-13(19-10)14(17)16-6-11(9-2-3-9)12(15)7-16/h4-5,9,11-12H,2-3,6-8,15H2,1H3/t11-,12+/m1/s1. The normalized spacial score (nSPS) is 26.9. The lowest BCUT2D eigenvalue weighted by atomic mass is 9.99. The molecule has 2 aliphatic rings.